The van der Waals surface area contributed by atoms with Crippen LogP contribution in [0.25, 0.3) is 0 Å². The topological polar surface area (TPSA) is 73.9 Å². The van der Waals surface area contributed by atoms with E-state index in [0.717, 1.165) is 11.1 Å². The summed E-state index contributed by atoms with van der Waals surface area (Å²) in [4.78, 5) is 25.6. The Hall–Kier alpha value is -3.80. The van der Waals surface area contributed by atoms with Crippen LogP contribution in [0.2, 0.25) is 0 Å². The molecule has 6 heteroatoms. The normalized spacial score (nSPS) is 11.3. The average molecular weight is 434 g/mol. The summed E-state index contributed by atoms with van der Waals surface area (Å²) in [5, 5.41) is 2.81. The van der Waals surface area contributed by atoms with E-state index in [2.05, 4.69) is 5.32 Å². The van der Waals surface area contributed by atoms with Crippen molar-refractivity contribution in [1.29, 1.82) is 0 Å². The summed E-state index contributed by atoms with van der Waals surface area (Å²) in [6, 6.07) is 21.7. The van der Waals surface area contributed by atoms with E-state index in [0.29, 0.717) is 29.4 Å². The van der Waals surface area contributed by atoms with Crippen LogP contribution in [0, 0.1) is 13.8 Å². The number of aryl methyl sites for hydroxylation is 2. The molecule has 0 heterocycles. The van der Waals surface area contributed by atoms with E-state index in [4.69, 9.17) is 14.2 Å². The summed E-state index contributed by atoms with van der Waals surface area (Å²) in [5.41, 5.74) is 3.12. The molecule has 0 bridgehead atoms. The number of hydrogen-bond donors (Lipinski definition) is 1. The molecule has 6 nitrogen and oxygen atoms in total. The molecule has 3 aromatic rings. The predicted octanol–water partition coefficient (Wildman–Crippen LogP) is 5.00. The van der Waals surface area contributed by atoms with Gasteiger partial charge in [-0.15, -0.1) is 0 Å². The van der Waals surface area contributed by atoms with Crippen LogP contribution in [0.1, 0.15) is 29.7 Å². The van der Waals surface area contributed by atoms with Gasteiger partial charge in [0.15, 0.2) is 6.61 Å². The third kappa shape index (κ3) is 6.35. The van der Waals surface area contributed by atoms with Crippen LogP contribution < -0.4 is 14.8 Å². The minimum atomic E-state index is -1.14. The molecule has 3 aromatic carbocycles. The van der Waals surface area contributed by atoms with Crippen molar-refractivity contribution in [3.63, 3.8) is 0 Å². The number of amides is 1. The molecule has 1 N–H and O–H groups in total. The molecule has 0 spiro atoms. The Kier molecular flexibility index (Phi) is 7.86. The van der Waals surface area contributed by atoms with Gasteiger partial charge in [0.05, 0.1) is 12.3 Å². The second kappa shape index (κ2) is 11.0. The Labute approximate surface area is 188 Å². The Morgan fingerprint density at radius 3 is 2.22 bits per heavy atom. The maximum absolute atomic E-state index is 13.1. The van der Waals surface area contributed by atoms with Gasteiger partial charge in [-0.05, 0) is 56.2 Å². The van der Waals surface area contributed by atoms with E-state index in [1.165, 1.54) is 0 Å². The SMILES string of the molecule is CCOc1ccccc1NC(=O)C(OC(=O)COc1cc(C)cc(C)c1)c1ccccc1. The lowest BCUT2D eigenvalue weighted by atomic mass is 10.1. The highest BCUT2D eigenvalue weighted by molar-refractivity contribution is 5.97. The summed E-state index contributed by atoms with van der Waals surface area (Å²) in [5.74, 6) is -0.0141. The first kappa shape index (κ1) is 22.9. The van der Waals surface area contributed by atoms with Crippen LogP contribution >= 0.6 is 0 Å². The Bertz CT molecular complexity index is 1040. The third-order valence-electron chi connectivity index (χ3n) is 4.59. The van der Waals surface area contributed by atoms with E-state index < -0.39 is 18.0 Å². The first-order valence-corrected chi connectivity index (χ1v) is 10.4. The van der Waals surface area contributed by atoms with E-state index in [1.54, 1.807) is 42.5 Å². The van der Waals surface area contributed by atoms with Crippen molar-refractivity contribution in [1.82, 2.24) is 0 Å². The standard InChI is InChI=1S/C26H27NO5/c1-4-30-23-13-9-8-12-22(23)27-26(29)25(20-10-6-5-7-11-20)32-24(28)17-31-21-15-18(2)14-19(3)16-21/h5-16,25H,4,17H2,1-3H3,(H,27,29). The number of nitrogens with one attached hydrogen (secondary N) is 1. The Morgan fingerprint density at radius 2 is 1.53 bits per heavy atom. The average Bonchev–Trinajstić information content (AvgIpc) is 2.77. The van der Waals surface area contributed by atoms with Crippen molar-refractivity contribution in [2.24, 2.45) is 0 Å². The fourth-order valence-corrected chi connectivity index (χ4v) is 3.27. The molecule has 0 saturated heterocycles. The lowest BCUT2D eigenvalue weighted by Gasteiger charge is -2.19. The molecule has 0 fully saturated rings. The third-order valence-corrected chi connectivity index (χ3v) is 4.59. The zero-order chi connectivity index (χ0) is 22.9. The lowest BCUT2D eigenvalue weighted by Crippen LogP contribution is -2.28. The van der Waals surface area contributed by atoms with Crippen molar-refractivity contribution in [2.45, 2.75) is 26.9 Å². The van der Waals surface area contributed by atoms with E-state index in [9.17, 15) is 9.59 Å². The molecule has 0 radical (unpaired) electrons. The van der Waals surface area contributed by atoms with Crippen molar-refractivity contribution >= 4 is 17.6 Å². The number of anilines is 1. The number of para-hydroxylation sites is 2. The number of carbonyl (C=O) groups excluding carboxylic acids is 2. The van der Waals surface area contributed by atoms with Crippen LogP contribution in [0.5, 0.6) is 11.5 Å². The Balaban J connectivity index is 1.73. The number of ether oxygens (including phenoxy) is 3. The van der Waals surface area contributed by atoms with Gasteiger partial charge in [0.25, 0.3) is 5.91 Å². The monoisotopic (exact) mass is 433 g/mol. The molecule has 0 saturated carbocycles. The second-order valence-corrected chi connectivity index (χ2v) is 7.31. The van der Waals surface area contributed by atoms with Gasteiger partial charge in [0, 0.05) is 5.56 Å². The van der Waals surface area contributed by atoms with Gasteiger partial charge < -0.3 is 19.5 Å². The molecule has 0 aliphatic carbocycles. The number of esters is 1. The van der Waals surface area contributed by atoms with Crippen molar-refractivity contribution in [2.75, 3.05) is 18.5 Å². The zero-order valence-corrected chi connectivity index (χ0v) is 18.5. The molecule has 166 valence electrons. The Morgan fingerprint density at radius 1 is 0.875 bits per heavy atom. The zero-order valence-electron chi connectivity index (χ0n) is 18.5. The molecule has 1 unspecified atom stereocenters. The van der Waals surface area contributed by atoms with Crippen molar-refractivity contribution in [3.8, 4) is 11.5 Å². The molecule has 1 atom stereocenters. The summed E-state index contributed by atoms with van der Waals surface area (Å²) in [6.45, 7) is 5.92. The molecule has 32 heavy (non-hydrogen) atoms. The van der Waals surface area contributed by atoms with Crippen LogP contribution in [-0.2, 0) is 14.3 Å². The van der Waals surface area contributed by atoms with Gasteiger partial charge in [-0.25, -0.2) is 4.79 Å². The van der Waals surface area contributed by atoms with Gasteiger partial charge in [-0.3, -0.25) is 4.79 Å². The van der Waals surface area contributed by atoms with Gasteiger partial charge >= 0.3 is 5.97 Å². The molecule has 3 rings (SSSR count). The summed E-state index contributed by atoms with van der Waals surface area (Å²) in [7, 11) is 0. The summed E-state index contributed by atoms with van der Waals surface area (Å²) in [6.07, 6.45) is -1.14. The van der Waals surface area contributed by atoms with Gasteiger partial charge in [-0.1, -0.05) is 48.5 Å². The van der Waals surface area contributed by atoms with Crippen LogP contribution in [0.3, 0.4) is 0 Å². The minimum absolute atomic E-state index is 0.310. The number of hydrogen-bond acceptors (Lipinski definition) is 5. The fourth-order valence-electron chi connectivity index (χ4n) is 3.27. The number of benzene rings is 3. The van der Waals surface area contributed by atoms with Gasteiger partial charge in [0.1, 0.15) is 11.5 Å². The van der Waals surface area contributed by atoms with Crippen molar-refractivity contribution in [3.05, 3.63) is 89.5 Å². The predicted molar refractivity (Wildman–Crippen MR) is 123 cm³/mol. The maximum atomic E-state index is 13.1. The van der Waals surface area contributed by atoms with Crippen molar-refractivity contribution < 1.29 is 23.8 Å². The van der Waals surface area contributed by atoms with Crippen LogP contribution in [-0.4, -0.2) is 25.1 Å². The molecule has 0 aromatic heterocycles. The number of carbonyl (C=O) groups is 2. The first-order chi connectivity index (χ1) is 15.5. The quantitative estimate of drug-likeness (QED) is 0.481. The second-order valence-electron chi connectivity index (χ2n) is 7.31. The van der Waals surface area contributed by atoms with Crippen LogP contribution in [0.15, 0.2) is 72.8 Å². The highest BCUT2D eigenvalue weighted by Crippen LogP contribution is 2.27. The summed E-state index contributed by atoms with van der Waals surface area (Å²) >= 11 is 0. The molecule has 0 aliphatic rings. The van der Waals surface area contributed by atoms with Crippen LogP contribution in [0.4, 0.5) is 5.69 Å². The lowest BCUT2D eigenvalue weighted by molar-refractivity contribution is -0.156. The fraction of sp³-hybridized carbons (Fsp3) is 0.231. The number of rotatable bonds is 9. The first-order valence-electron chi connectivity index (χ1n) is 10.4. The smallest absolute Gasteiger partial charge is 0.345 e. The largest absolute Gasteiger partial charge is 0.492 e. The highest BCUT2D eigenvalue weighted by atomic mass is 16.6. The molecular weight excluding hydrogens is 406 g/mol. The summed E-state index contributed by atoms with van der Waals surface area (Å²) < 4.78 is 16.7. The maximum Gasteiger partial charge on any atom is 0.345 e. The van der Waals surface area contributed by atoms with E-state index in [-0.39, 0.29) is 6.61 Å². The minimum Gasteiger partial charge on any atom is -0.492 e. The van der Waals surface area contributed by atoms with Gasteiger partial charge in [0.2, 0.25) is 6.10 Å². The molecule has 1 amide bonds. The molecular formula is C26H27NO5. The van der Waals surface area contributed by atoms with E-state index >= 15 is 0 Å². The van der Waals surface area contributed by atoms with E-state index in [1.807, 2.05) is 51.1 Å². The highest BCUT2D eigenvalue weighted by Gasteiger charge is 2.26. The van der Waals surface area contributed by atoms with Gasteiger partial charge in [-0.2, -0.15) is 0 Å². The molecule has 0 aliphatic heterocycles.